The lowest BCUT2D eigenvalue weighted by atomic mass is 10.2. The second kappa shape index (κ2) is 6.54. The second-order valence-electron chi connectivity index (χ2n) is 4.76. The molecular formula is C14H20N2O3. The van der Waals surface area contributed by atoms with Crippen molar-refractivity contribution in [3.63, 3.8) is 0 Å². The molecule has 1 aliphatic heterocycles. The number of benzene rings is 1. The number of carbonyl (C=O) groups is 1. The first kappa shape index (κ1) is 13.8. The minimum atomic E-state index is -0.889. The normalized spacial score (nSPS) is 16.6. The summed E-state index contributed by atoms with van der Waals surface area (Å²) in [6.45, 7) is 5.05. The molecule has 1 aromatic rings. The first-order valence-electron chi connectivity index (χ1n) is 6.62. The Balaban J connectivity index is 1.88. The lowest BCUT2D eigenvalue weighted by Gasteiger charge is -2.36. The van der Waals surface area contributed by atoms with Gasteiger partial charge in [0.05, 0.1) is 5.56 Å². The summed E-state index contributed by atoms with van der Waals surface area (Å²) in [4.78, 5) is 15.4. The first-order valence-corrected chi connectivity index (χ1v) is 6.62. The molecule has 1 fully saturated rings. The van der Waals surface area contributed by atoms with Crippen LogP contribution in [0.15, 0.2) is 24.3 Å². The minimum Gasteiger partial charge on any atom is -0.478 e. The Morgan fingerprint density at radius 2 is 1.74 bits per heavy atom. The third kappa shape index (κ3) is 3.68. The van der Waals surface area contributed by atoms with E-state index in [0.29, 0.717) is 5.56 Å². The molecule has 0 amide bonds. The number of carboxylic acid groups (broad SMARTS) is 1. The van der Waals surface area contributed by atoms with Gasteiger partial charge in [-0.2, -0.15) is 0 Å². The van der Waals surface area contributed by atoms with Crippen molar-refractivity contribution < 1.29 is 15.0 Å². The van der Waals surface area contributed by atoms with Crippen LogP contribution in [0.4, 0.5) is 5.69 Å². The van der Waals surface area contributed by atoms with Gasteiger partial charge in [0, 0.05) is 45.0 Å². The van der Waals surface area contributed by atoms with Crippen LogP contribution in [-0.4, -0.2) is 60.4 Å². The average Bonchev–Trinajstić information content (AvgIpc) is 2.46. The van der Waals surface area contributed by atoms with Crippen molar-refractivity contribution in [1.82, 2.24) is 4.90 Å². The molecule has 2 N–H and O–H groups in total. The Kier molecular flexibility index (Phi) is 4.76. The number of piperazine rings is 1. The largest absolute Gasteiger partial charge is 0.478 e. The molecule has 5 nitrogen and oxygen atoms in total. The Bertz CT molecular complexity index is 411. The summed E-state index contributed by atoms with van der Waals surface area (Å²) >= 11 is 0. The summed E-state index contributed by atoms with van der Waals surface area (Å²) in [5.74, 6) is -0.889. The van der Waals surface area contributed by atoms with Gasteiger partial charge in [-0.25, -0.2) is 4.79 Å². The Morgan fingerprint density at radius 3 is 2.26 bits per heavy atom. The summed E-state index contributed by atoms with van der Waals surface area (Å²) in [5, 5.41) is 17.7. The zero-order valence-corrected chi connectivity index (χ0v) is 11.0. The van der Waals surface area contributed by atoms with Gasteiger partial charge in [-0.3, -0.25) is 4.90 Å². The highest BCUT2D eigenvalue weighted by atomic mass is 16.4. The number of aromatic carboxylic acids is 1. The minimum absolute atomic E-state index is 0.247. The summed E-state index contributed by atoms with van der Waals surface area (Å²) in [6.07, 6.45) is 0.827. The standard InChI is InChI=1S/C14H20N2O3/c17-11-1-6-15-7-9-16(10-8-15)13-4-2-12(3-5-13)14(18)19/h2-5,17H,1,6-11H2,(H,18,19). The van der Waals surface area contributed by atoms with Gasteiger partial charge in [-0.05, 0) is 30.7 Å². The third-order valence-corrected chi connectivity index (χ3v) is 3.48. The average molecular weight is 264 g/mol. The van der Waals surface area contributed by atoms with E-state index in [9.17, 15) is 4.79 Å². The number of aliphatic hydroxyl groups is 1. The van der Waals surface area contributed by atoms with Gasteiger partial charge in [0.25, 0.3) is 0 Å². The quantitative estimate of drug-likeness (QED) is 0.827. The molecule has 0 aromatic heterocycles. The summed E-state index contributed by atoms with van der Waals surface area (Å²) in [5.41, 5.74) is 1.40. The lowest BCUT2D eigenvalue weighted by molar-refractivity contribution is 0.0697. The van der Waals surface area contributed by atoms with E-state index >= 15 is 0 Å². The maximum atomic E-state index is 10.8. The molecular weight excluding hydrogens is 244 g/mol. The van der Waals surface area contributed by atoms with E-state index in [0.717, 1.165) is 44.8 Å². The monoisotopic (exact) mass is 264 g/mol. The molecule has 0 unspecified atom stereocenters. The molecule has 2 rings (SSSR count). The van der Waals surface area contributed by atoms with Crippen LogP contribution in [0.25, 0.3) is 0 Å². The van der Waals surface area contributed by atoms with Crippen molar-refractivity contribution in [2.75, 3.05) is 44.2 Å². The number of aliphatic hydroxyl groups excluding tert-OH is 1. The van der Waals surface area contributed by atoms with Crippen LogP contribution in [0.3, 0.4) is 0 Å². The van der Waals surface area contributed by atoms with E-state index in [1.165, 1.54) is 0 Å². The van der Waals surface area contributed by atoms with Crippen molar-refractivity contribution in [2.24, 2.45) is 0 Å². The van der Waals surface area contributed by atoms with Crippen molar-refractivity contribution in [1.29, 1.82) is 0 Å². The van der Waals surface area contributed by atoms with Crippen LogP contribution in [0.2, 0.25) is 0 Å². The topological polar surface area (TPSA) is 64.0 Å². The number of anilines is 1. The van der Waals surface area contributed by atoms with Crippen LogP contribution in [0.5, 0.6) is 0 Å². The van der Waals surface area contributed by atoms with Gasteiger partial charge in [-0.15, -0.1) is 0 Å². The molecule has 0 bridgehead atoms. The van der Waals surface area contributed by atoms with Crippen LogP contribution >= 0.6 is 0 Å². The van der Waals surface area contributed by atoms with E-state index in [2.05, 4.69) is 9.80 Å². The fourth-order valence-corrected chi connectivity index (χ4v) is 2.34. The van der Waals surface area contributed by atoms with Gasteiger partial charge in [0.1, 0.15) is 0 Å². The van der Waals surface area contributed by atoms with Gasteiger partial charge in [0.15, 0.2) is 0 Å². The van der Waals surface area contributed by atoms with E-state index < -0.39 is 5.97 Å². The molecule has 0 spiro atoms. The van der Waals surface area contributed by atoms with Crippen LogP contribution < -0.4 is 4.90 Å². The lowest BCUT2D eigenvalue weighted by Crippen LogP contribution is -2.46. The van der Waals surface area contributed by atoms with E-state index in [1.54, 1.807) is 12.1 Å². The summed E-state index contributed by atoms with van der Waals surface area (Å²) in [6, 6.07) is 7.03. The zero-order valence-electron chi connectivity index (χ0n) is 11.0. The Hall–Kier alpha value is -1.59. The molecule has 1 saturated heterocycles. The molecule has 0 saturated carbocycles. The maximum absolute atomic E-state index is 10.8. The van der Waals surface area contributed by atoms with Crippen LogP contribution in [0, 0.1) is 0 Å². The van der Waals surface area contributed by atoms with Gasteiger partial charge in [0.2, 0.25) is 0 Å². The van der Waals surface area contributed by atoms with Crippen molar-refractivity contribution >= 4 is 11.7 Å². The van der Waals surface area contributed by atoms with E-state index in [-0.39, 0.29) is 6.61 Å². The van der Waals surface area contributed by atoms with Gasteiger partial charge in [-0.1, -0.05) is 0 Å². The van der Waals surface area contributed by atoms with Crippen molar-refractivity contribution in [3.05, 3.63) is 29.8 Å². The summed E-state index contributed by atoms with van der Waals surface area (Å²) in [7, 11) is 0. The Morgan fingerprint density at radius 1 is 1.11 bits per heavy atom. The van der Waals surface area contributed by atoms with Gasteiger partial charge >= 0.3 is 5.97 Å². The Labute approximate surface area is 113 Å². The second-order valence-corrected chi connectivity index (χ2v) is 4.76. The third-order valence-electron chi connectivity index (χ3n) is 3.48. The highest BCUT2D eigenvalue weighted by Crippen LogP contribution is 2.17. The molecule has 5 heteroatoms. The number of hydrogen-bond acceptors (Lipinski definition) is 4. The fourth-order valence-electron chi connectivity index (χ4n) is 2.34. The molecule has 19 heavy (non-hydrogen) atoms. The smallest absolute Gasteiger partial charge is 0.335 e. The van der Waals surface area contributed by atoms with Crippen molar-refractivity contribution in [2.45, 2.75) is 6.42 Å². The van der Waals surface area contributed by atoms with Crippen molar-refractivity contribution in [3.8, 4) is 0 Å². The van der Waals surface area contributed by atoms with E-state index in [4.69, 9.17) is 10.2 Å². The highest BCUT2D eigenvalue weighted by molar-refractivity contribution is 5.88. The van der Waals surface area contributed by atoms with Crippen LogP contribution in [0.1, 0.15) is 16.8 Å². The molecule has 1 aromatic carbocycles. The summed E-state index contributed by atoms with van der Waals surface area (Å²) < 4.78 is 0. The molecule has 104 valence electrons. The highest BCUT2D eigenvalue weighted by Gasteiger charge is 2.16. The number of hydrogen-bond donors (Lipinski definition) is 2. The predicted molar refractivity (Wildman–Crippen MR) is 73.8 cm³/mol. The molecule has 0 aliphatic carbocycles. The maximum Gasteiger partial charge on any atom is 0.335 e. The SMILES string of the molecule is O=C(O)c1ccc(N2CCN(CCCO)CC2)cc1. The van der Waals surface area contributed by atoms with Gasteiger partial charge < -0.3 is 15.1 Å². The predicted octanol–water partition coefficient (Wildman–Crippen LogP) is 0.889. The number of rotatable bonds is 5. The number of carboxylic acids is 1. The first-order chi connectivity index (χ1) is 9.20. The van der Waals surface area contributed by atoms with E-state index in [1.807, 2.05) is 12.1 Å². The molecule has 0 atom stereocenters. The zero-order chi connectivity index (χ0) is 13.7. The molecule has 1 aliphatic rings. The van der Waals surface area contributed by atoms with Crippen LogP contribution in [-0.2, 0) is 0 Å². The fraction of sp³-hybridized carbons (Fsp3) is 0.500. The number of nitrogens with zero attached hydrogens (tertiary/aromatic N) is 2. The molecule has 0 radical (unpaired) electrons. The molecule has 1 heterocycles.